The smallest absolute Gasteiger partial charge is 0.185 e. The zero-order valence-corrected chi connectivity index (χ0v) is 11.0. The van der Waals surface area contributed by atoms with Gasteiger partial charge in [-0.1, -0.05) is 6.42 Å². The quantitative estimate of drug-likeness (QED) is 0.826. The second-order valence-corrected chi connectivity index (χ2v) is 5.32. The Hall–Kier alpha value is -0.610. The molecule has 3 nitrogen and oxygen atoms in total. The van der Waals surface area contributed by atoms with Gasteiger partial charge in [0.2, 0.25) is 0 Å². The fourth-order valence-electron chi connectivity index (χ4n) is 2.03. The van der Waals surface area contributed by atoms with Gasteiger partial charge in [-0.05, 0) is 32.7 Å². The average Bonchev–Trinajstić information content (AvgIpc) is 2.66. The molecule has 1 aromatic heterocycles. The molecule has 0 aliphatic heterocycles. The lowest BCUT2D eigenvalue weighted by molar-refractivity contribution is 0.318. The fourth-order valence-corrected chi connectivity index (χ4v) is 2.93. The molecule has 1 heterocycles. The van der Waals surface area contributed by atoms with Gasteiger partial charge in [0.1, 0.15) is 0 Å². The first-order valence-electron chi connectivity index (χ1n) is 6.17. The van der Waals surface area contributed by atoms with Gasteiger partial charge < -0.3 is 10.2 Å². The first kappa shape index (κ1) is 11.9. The molecule has 0 atom stereocenters. The molecule has 1 aromatic rings. The van der Waals surface area contributed by atoms with Crippen LogP contribution in [0.25, 0.3) is 0 Å². The third kappa shape index (κ3) is 2.74. The largest absolute Gasteiger partial charge is 0.348 e. The van der Waals surface area contributed by atoms with Crippen LogP contribution < -0.4 is 10.2 Å². The molecule has 1 saturated carbocycles. The highest BCUT2D eigenvalue weighted by Gasteiger charge is 2.21. The number of hydrogen-bond donors (Lipinski definition) is 1. The molecule has 0 unspecified atom stereocenters. The van der Waals surface area contributed by atoms with Crippen molar-refractivity contribution < 1.29 is 0 Å². The average molecular weight is 239 g/mol. The number of thiazole rings is 1. The van der Waals surface area contributed by atoms with Crippen molar-refractivity contribution in [1.82, 2.24) is 10.3 Å². The zero-order valence-electron chi connectivity index (χ0n) is 10.2. The van der Waals surface area contributed by atoms with Crippen molar-refractivity contribution in [3.63, 3.8) is 0 Å². The molecule has 4 heteroatoms. The summed E-state index contributed by atoms with van der Waals surface area (Å²) in [6.45, 7) is 5.36. The predicted molar refractivity (Wildman–Crippen MR) is 70.1 cm³/mol. The molecule has 0 saturated heterocycles. The normalized spacial score (nSPS) is 16.1. The minimum absolute atomic E-state index is 0.873. The summed E-state index contributed by atoms with van der Waals surface area (Å²) in [6.07, 6.45) is 4.24. The van der Waals surface area contributed by atoms with Gasteiger partial charge in [0, 0.05) is 25.0 Å². The van der Waals surface area contributed by atoms with E-state index in [1.807, 2.05) is 7.05 Å². The second-order valence-electron chi connectivity index (χ2n) is 4.49. The lowest BCUT2D eigenvalue weighted by Gasteiger charge is -2.31. The standard InChI is InChI=1S/C12H21N3S/c1-3-15(8-10-5-4-6-10)12-14-11(7-13-2)9-16-12/h9-10,13H,3-8H2,1-2H3. The van der Waals surface area contributed by atoms with E-state index in [-0.39, 0.29) is 0 Å². The van der Waals surface area contributed by atoms with Crippen LogP contribution in [0, 0.1) is 5.92 Å². The van der Waals surface area contributed by atoms with Crippen LogP contribution in [-0.2, 0) is 6.54 Å². The number of hydrogen-bond acceptors (Lipinski definition) is 4. The molecule has 1 fully saturated rings. The van der Waals surface area contributed by atoms with E-state index in [9.17, 15) is 0 Å². The van der Waals surface area contributed by atoms with E-state index >= 15 is 0 Å². The van der Waals surface area contributed by atoms with Gasteiger partial charge in [0.25, 0.3) is 0 Å². The number of nitrogens with zero attached hydrogens (tertiary/aromatic N) is 2. The van der Waals surface area contributed by atoms with Gasteiger partial charge in [0.05, 0.1) is 5.69 Å². The third-order valence-electron chi connectivity index (χ3n) is 3.25. The van der Waals surface area contributed by atoms with Crippen LogP contribution in [0.3, 0.4) is 0 Å². The molecular weight excluding hydrogens is 218 g/mol. The Kier molecular flexibility index (Phi) is 4.18. The minimum atomic E-state index is 0.873. The van der Waals surface area contributed by atoms with E-state index in [4.69, 9.17) is 0 Å². The molecular formula is C12H21N3S. The highest BCUT2D eigenvalue weighted by molar-refractivity contribution is 7.13. The van der Waals surface area contributed by atoms with Gasteiger partial charge in [-0.15, -0.1) is 11.3 Å². The third-order valence-corrected chi connectivity index (χ3v) is 4.20. The van der Waals surface area contributed by atoms with E-state index in [1.54, 1.807) is 11.3 Å². The molecule has 0 amide bonds. The minimum Gasteiger partial charge on any atom is -0.348 e. The van der Waals surface area contributed by atoms with Crippen molar-refractivity contribution in [2.75, 3.05) is 25.0 Å². The summed E-state index contributed by atoms with van der Waals surface area (Å²) in [5, 5.41) is 6.50. The van der Waals surface area contributed by atoms with Crippen LogP contribution in [0.4, 0.5) is 5.13 Å². The molecule has 0 bridgehead atoms. The van der Waals surface area contributed by atoms with E-state index < -0.39 is 0 Å². The molecule has 2 rings (SSSR count). The van der Waals surface area contributed by atoms with Crippen LogP contribution >= 0.6 is 11.3 Å². The van der Waals surface area contributed by atoms with Gasteiger partial charge in [-0.2, -0.15) is 0 Å². The molecule has 1 N–H and O–H groups in total. The van der Waals surface area contributed by atoms with E-state index in [2.05, 4.69) is 27.5 Å². The van der Waals surface area contributed by atoms with E-state index in [0.717, 1.165) is 24.7 Å². The molecule has 1 aliphatic carbocycles. The summed E-state index contributed by atoms with van der Waals surface area (Å²) in [6, 6.07) is 0. The van der Waals surface area contributed by atoms with Gasteiger partial charge in [-0.3, -0.25) is 0 Å². The summed E-state index contributed by atoms with van der Waals surface area (Å²) in [5.41, 5.74) is 1.16. The Bertz CT molecular complexity index is 320. The Balaban J connectivity index is 1.95. The zero-order chi connectivity index (χ0) is 11.4. The topological polar surface area (TPSA) is 28.2 Å². The predicted octanol–water partition coefficient (Wildman–Crippen LogP) is 2.49. The highest BCUT2D eigenvalue weighted by Crippen LogP contribution is 2.29. The van der Waals surface area contributed by atoms with Crippen molar-refractivity contribution in [2.45, 2.75) is 32.7 Å². The number of anilines is 1. The molecule has 0 aromatic carbocycles. The Morgan fingerprint density at radius 2 is 2.38 bits per heavy atom. The van der Waals surface area contributed by atoms with Crippen LogP contribution in [0.15, 0.2) is 5.38 Å². The second kappa shape index (κ2) is 5.64. The van der Waals surface area contributed by atoms with Crippen molar-refractivity contribution in [3.8, 4) is 0 Å². The van der Waals surface area contributed by atoms with Crippen molar-refractivity contribution in [3.05, 3.63) is 11.1 Å². The maximum absolute atomic E-state index is 4.66. The molecule has 0 radical (unpaired) electrons. The maximum Gasteiger partial charge on any atom is 0.185 e. The van der Waals surface area contributed by atoms with Crippen molar-refractivity contribution >= 4 is 16.5 Å². The van der Waals surface area contributed by atoms with Crippen molar-refractivity contribution in [1.29, 1.82) is 0 Å². The van der Waals surface area contributed by atoms with Crippen LogP contribution in [0.2, 0.25) is 0 Å². The summed E-state index contributed by atoms with van der Waals surface area (Å²) < 4.78 is 0. The molecule has 90 valence electrons. The van der Waals surface area contributed by atoms with E-state index in [0.29, 0.717) is 0 Å². The SMILES string of the molecule is CCN(CC1CCC1)c1nc(CNC)cs1. The summed E-state index contributed by atoms with van der Waals surface area (Å²) in [4.78, 5) is 7.09. The number of rotatable bonds is 6. The molecule has 16 heavy (non-hydrogen) atoms. The first-order valence-corrected chi connectivity index (χ1v) is 7.05. The highest BCUT2D eigenvalue weighted by atomic mass is 32.1. The Morgan fingerprint density at radius 1 is 1.56 bits per heavy atom. The fraction of sp³-hybridized carbons (Fsp3) is 0.750. The summed E-state index contributed by atoms with van der Waals surface area (Å²) >= 11 is 1.77. The molecule has 1 aliphatic rings. The Labute approximate surface area is 102 Å². The van der Waals surface area contributed by atoms with E-state index in [1.165, 1.54) is 30.9 Å². The maximum atomic E-state index is 4.66. The lowest BCUT2D eigenvalue weighted by Crippen LogP contribution is -2.32. The first-order chi connectivity index (χ1) is 7.83. The lowest BCUT2D eigenvalue weighted by atomic mass is 9.85. The van der Waals surface area contributed by atoms with Gasteiger partial charge >= 0.3 is 0 Å². The van der Waals surface area contributed by atoms with Crippen LogP contribution in [-0.4, -0.2) is 25.1 Å². The van der Waals surface area contributed by atoms with Gasteiger partial charge in [-0.25, -0.2) is 4.98 Å². The van der Waals surface area contributed by atoms with Crippen LogP contribution in [0.5, 0.6) is 0 Å². The van der Waals surface area contributed by atoms with Crippen molar-refractivity contribution in [2.24, 2.45) is 5.92 Å². The number of aromatic nitrogens is 1. The molecule has 0 spiro atoms. The summed E-state index contributed by atoms with van der Waals surface area (Å²) in [7, 11) is 1.96. The number of nitrogens with one attached hydrogen (secondary N) is 1. The van der Waals surface area contributed by atoms with Gasteiger partial charge in [0.15, 0.2) is 5.13 Å². The van der Waals surface area contributed by atoms with Crippen LogP contribution in [0.1, 0.15) is 31.9 Å². The monoisotopic (exact) mass is 239 g/mol. The Morgan fingerprint density at radius 3 is 2.94 bits per heavy atom. The summed E-state index contributed by atoms with van der Waals surface area (Å²) in [5.74, 6) is 0.914.